The second-order valence-corrected chi connectivity index (χ2v) is 8.62. The van der Waals surface area contributed by atoms with Crippen LogP contribution in [0.4, 0.5) is 29.0 Å². The molecule has 1 aliphatic heterocycles. The molecular formula is C28H30N6O2. The van der Waals surface area contributed by atoms with Crippen LogP contribution in [0.2, 0.25) is 0 Å². The van der Waals surface area contributed by atoms with E-state index >= 15 is 0 Å². The van der Waals surface area contributed by atoms with Gasteiger partial charge in [-0.05, 0) is 48.9 Å². The molecule has 1 aromatic heterocycles. The number of nitrogens with one attached hydrogen (secondary N) is 2. The highest BCUT2D eigenvalue weighted by molar-refractivity contribution is 5.64. The van der Waals surface area contributed by atoms with Crippen LogP contribution in [-0.4, -0.2) is 47.9 Å². The molecule has 5 rings (SSSR count). The van der Waals surface area contributed by atoms with Crippen molar-refractivity contribution < 1.29 is 9.47 Å². The summed E-state index contributed by atoms with van der Waals surface area (Å²) < 4.78 is 11.4. The third kappa shape index (κ3) is 6.49. The van der Waals surface area contributed by atoms with Crippen molar-refractivity contribution in [2.24, 2.45) is 0 Å². The molecule has 1 fully saturated rings. The zero-order valence-corrected chi connectivity index (χ0v) is 20.4. The number of ether oxygens (including phenoxy) is 2. The summed E-state index contributed by atoms with van der Waals surface area (Å²) in [5, 5.41) is 6.72. The Morgan fingerprint density at radius 1 is 0.778 bits per heavy atom. The first-order chi connectivity index (χ1) is 17.7. The minimum Gasteiger partial charge on any atom is -0.463 e. The molecule has 0 amide bonds. The van der Waals surface area contributed by atoms with Crippen LogP contribution >= 0.6 is 0 Å². The summed E-state index contributed by atoms with van der Waals surface area (Å²) in [6.07, 6.45) is 0.775. The third-order valence-electron chi connectivity index (χ3n) is 5.84. The largest absolute Gasteiger partial charge is 0.463 e. The minimum atomic E-state index is 0.308. The Kier molecular flexibility index (Phi) is 7.53. The maximum Gasteiger partial charge on any atom is 0.323 e. The molecule has 1 aliphatic rings. The molecule has 0 atom stereocenters. The van der Waals surface area contributed by atoms with Crippen LogP contribution in [0.5, 0.6) is 6.01 Å². The summed E-state index contributed by atoms with van der Waals surface area (Å²) in [7, 11) is 0. The van der Waals surface area contributed by atoms with Gasteiger partial charge in [0.1, 0.15) is 0 Å². The fourth-order valence-electron chi connectivity index (χ4n) is 3.85. The number of benzene rings is 3. The van der Waals surface area contributed by atoms with Gasteiger partial charge in [0.05, 0.1) is 19.8 Å². The molecule has 0 spiro atoms. The van der Waals surface area contributed by atoms with Crippen molar-refractivity contribution >= 4 is 29.0 Å². The number of aromatic nitrogens is 3. The van der Waals surface area contributed by atoms with Crippen molar-refractivity contribution in [3.63, 3.8) is 0 Å². The van der Waals surface area contributed by atoms with Crippen LogP contribution < -0.4 is 20.3 Å². The predicted octanol–water partition coefficient (Wildman–Crippen LogP) is 5.13. The average Bonchev–Trinajstić information content (AvgIpc) is 2.92. The smallest absolute Gasteiger partial charge is 0.323 e. The average molecular weight is 483 g/mol. The zero-order valence-electron chi connectivity index (χ0n) is 20.4. The Morgan fingerprint density at radius 2 is 1.42 bits per heavy atom. The predicted molar refractivity (Wildman–Crippen MR) is 143 cm³/mol. The van der Waals surface area contributed by atoms with E-state index < -0.39 is 0 Å². The van der Waals surface area contributed by atoms with Gasteiger partial charge in [-0.1, -0.05) is 48.0 Å². The van der Waals surface area contributed by atoms with E-state index in [4.69, 9.17) is 9.47 Å². The number of morpholine rings is 1. The van der Waals surface area contributed by atoms with Gasteiger partial charge in [0.2, 0.25) is 11.9 Å². The van der Waals surface area contributed by atoms with Crippen LogP contribution in [0.15, 0.2) is 78.9 Å². The number of hydrogen-bond donors (Lipinski definition) is 2. The lowest BCUT2D eigenvalue weighted by molar-refractivity contribution is 0.122. The topological polar surface area (TPSA) is 84.4 Å². The molecule has 36 heavy (non-hydrogen) atoms. The Hall–Kier alpha value is -4.17. The SMILES string of the molecule is Cc1ccc(Nc2ccc(Nc3nc(OCCc4ccccc4)nc(N4CCOCC4)n3)cc2)cc1. The summed E-state index contributed by atoms with van der Waals surface area (Å²) in [5.74, 6) is 1.03. The molecule has 8 nitrogen and oxygen atoms in total. The molecule has 4 aromatic rings. The first-order valence-corrected chi connectivity index (χ1v) is 12.2. The molecule has 8 heteroatoms. The second-order valence-electron chi connectivity index (χ2n) is 8.62. The summed E-state index contributed by atoms with van der Waals surface area (Å²) >= 11 is 0. The first-order valence-electron chi connectivity index (χ1n) is 12.2. The van der Waals surface area contributed by atoms with Gasteiger partial charge in [-0.25, -0.2) is 0 Å². The number of hydrogen-bond acceptors (Lipinski definition) is 8. The molecule has 0 unspecified atom stereocenters. The van der Waals surface area contributed by atoms with Gasteiger partial charge < -0.3 is 25.0 Å². The fraction of sp³-hybridized carbons (Fsp3) is 0.250. The normalized spacial score (nSPS) is 13.3. The Bertz CT molecular complexity index is 1240. The molecule has 184 valence electrons. The molecule has 0 aliphatic carbocycles. The van der Waals surface area contributed by atoms with Gasteiger partial charge >= 0.3 is 6.01 Å². The number of rotatable bonds is 9. The number of aryl methyl sites for hydroxylation is 1. The van der Waals surface area contributed by atoms with Gasteiger partial charge in [0.25, 0.3) is 0 Å². The van der Waals surface area contributed by atoms with E-state index in [1.807, 2.05) is 42.5 Å². The molecular weight excluding hydrogens is 452 g/mol. The van der Waals surface area contributed by atoms with Crippen molar-refractivity contribution in [3.05, 3.63) is 90.0 Å². The molecule has 3 aromatic carbocycles. The highest BCUT2D eigenvalue weighted by atomic mass is 16.5. The van der Waals surface area contributed by atoms with Gasteiger partial charge in [-0.15, -0.1) is 0 Å². The number of anilines is 5. The van der Waals surface area contributed by atoms with E-state index in [-0.39, 0.29) is 0 Å². The molecule has 2 heterocycles. The summed E-state index contributed by atoms with van der Waals surface area (Å²) in [6.45, 7) is 5.31. The van der Waals surface area contributed by atoms with Crippen LogP contribution in [0, 0.1) is 6.92 Å². The van der Waals surface area contributed by atoms with Crippen molar-refractivity contribution in [1.29, 1.82) is 0 Å². The fourth-order valence-corrected chi connectivity index (χ4v) is 3.85. The highest BCUT2D eigenvalue weighted by Gasteiger charge is 2.17. The Labute approximate surface area is 211 Å². The van der Waals surface area contributed by atoms with Crippen LogP contribution in [0.1, 0.15) is 11.1 Å². The van der Waals surface area contributed by atoms with E-state index in [1.54, 1.807) is 0 Å². The van der Waals surface area contributed by atoms with Crippen molar-refractivity contribution in [2.75, 3.05) is 48.4 Å². The maximum atomic E-state index is 5.94. The molecule has 0 bridgehead atoms. The van der Waals surface area contributed by atoms with Gasteiger partial charge in [0.15, 0.2) is 0 Å². The standard InChI is InChI=1S/C28H30N6O2/c1-21-7-9-23(10-8-21)29-24-11-13-25(14-12-24)30-26-31-27(34-16-19-35-20-17-34)33-28(32-26)36-18-15-22-5-3-2-4-6-22/h2-14,29H,15-20H2,1H3,(H,30,31,32,33). The highest BCUT2D eigenvalue weighted by Crippen LogP contribution is 2.23. The summed E-state index contributed by atoms with van der Waals surface area (Å²) in [6, 6.07) is 26.9. The van der Waals surface area contributed by atoms with E-state index in [1.165, 1.54) is 11.1 Å². The molecule has 2 N–H and O–H groups in total. The summed E-state index contributed by atoms with van der Waals surface area (Å²) in [5.41, 5.74) is 5.36. The van der Waals surface area contributed by atoms with Gasteiger partial charge in [-0.3, -0.25) is 0 Å². The monoisotopic (exact) mass is 482 g/mol. The molecule has 0 radical (unpaired) electrons. The van der Waals surface area contributed by atoms with Crippen molar-refractivity contribution in [1.82, 2.24) is 15.0 Å². The Balaban J connectivity index is 1.28. The van der Waals surface area contributed by atoms with Crippen molar-refractivity contribution in [3.8, 4) is 6.01 Å². The quantitative estimate of drug-likeness (QED) is 0.340. The van der Waals surface area contributed by atoms with E-state index in [2.05, 4.69) is 73.8 Å². The lowest BCUT2D eigenvalue weighted by Gasteiger charge is -2.27. The first kappa shape index (κ1) is 23.6. The van der Waals surface area contributed by atoms with Crippen LogP contribution in [0.25, 0.3) is 0 Å². The van der Waals surface area contributed by atoms with Crippen LogP contribution in [-0.2, 0) is 11.2 Å². The van der Waals surface area contributed by atoms with E-state index in [9.17, 15) is 0 Å². The molecule has 1 saturated heterocycles. The lowest BCUT2D eigenvalue weighted by atomic mass is 10.2. The third-order valence-corrected chi connectivity index (χ3v) is 5.84. The van der Waals surface area contributed by atoms with Gasteiger partial charge in [0, 0.05) is 36.6 Å². The number of nitrogens with zero attached hydrogens (tertiary/aromatic N) is 4. The maximum absolute atomic E-state index is 5.94. The van der Waals surface area contributed by atoms with Crippen LogP contribution in [0.3, 0.4) is 0 Å². The molecule has 0 saturated carbocycles. The lowest BCUT2D eigenvalue weighted by Crippen LogP contribution is -2.37. The van der Waals surface area contributed by atoms with Crippen molar-refractivity contribution in [2.45, 2.75) is 13.3 Å². The zero-order chi connectivity index (χ0) is 24.6. The minimum absolute atomic E-state index is 0.308. The Morgan fingerprint density at radius 3 is 2.11 bits per heavy atom. The van der Waals surface area contributed by atoms with E-state index in [0.717, 1.165) is 36.6 Å². The second kappa shape index (κ2) is 11.5. The van der Waals surface area contributed by atoms with Gasteiger partial charge in [-0.2, -0.15) is 15.0 Å². The summed E-state index contributed by atoms with van der Waals surface area (Å²) in [4.78, 5) is 15.8. The van der Waals surface area contributed by atoms with E-state index in [0.29, 0.717) is 37.7 Å².